The van der Waals surface area contributed by atoms with E-state index >= 15 is 0 Å². The molecule has 0 aliphatic heterocycles. The Morgan fingerprint density at radius 3 is 2.06 bits per heavy atom. The Balaban J connectivity index is 3.05. The minimum Gasteiger partial charge on any atom is -0.234 e. The number of halogens is 3. The molecule has 1 rings (SSSR count). The van der Waals surface area contributed by atoms with Crippen LogP contribution in [-0.4, -0.2) is 15.2 Å². The lowest BCUT2D eigenvalue weighted by Gasteiger charge is -2.12. The van der Waals surface area contributed by atoms with Crippen molar-refractivity contribution in [3.63, 3.8) is 0 Å². The van der Waals surface area contributed by atoms with Crippen molar-refractivity contribution < 1.29 is 17.4 Å². The molecule has 2 nitrogen and oxygen atoms in total. The second-order valence-corrected chi connectivity index (χ2v) is 6.31. The van der Waals surface area contributed by atoms with E-state index in [4.69, 9.17) is 0 Å². The summed E-state index contributed by atoms with van der Waals surface area (Å²) in [7, 11) is -1.62. The van der Waals surface area contributed by atoms with Gasteiger partial charge in [-0.05, 0) is 20.8 Å². The minimum atomic E-state index is -1.62. The van der Waals surface area contributed by atoms with E-state index in [1.165, 1.54) is 0 Å². The lowest BCUT2D eigenvalue weighted by atomic mass is 10.2. The van der Waals surface area contributed by atoms with Crippen LogP contribution in [0.2, 0.25) is 0 Å². The van der Waals surface area contributed by atoms with Gasteiger partial charge in [-0.1, -0.05) is 0 Å². The van der Waals surface area contributed by atoms with E-state index in [0.717, 1.165) is 6.21 Å². The molecule has 0 saturated carbocycles. The molecule has 1 aromatic rings. The second kappa shape index (κ2) is 5.00. The molecule has 0 N–H and O–H groups in total. The molecule has 17 heavy (non-hydrogen) atoms. The Bertz CT molecular complexity index is 457. The summed E-state index contributed by atoms with van der Waals surface area (Å²) in [6.45, 7) is 5.04. The van der Waals surface area contributed by atoms with Crippen LogP contribution in [0.4, 0.5) is 13.2 Å². The zero-order valence-electron chi connectivity index (χ0n) is 9.63. The number of nitrogens with zero attached hydrogens (tertiary/aromatic N) is 1. The van der Waals surface area contributed by atoms with Crippen LogP contribution in [0.1, 0.15) is 26.3 Å². The number of benzene rings is 1. The monoisotopic (exact) mass is 263 g/mol. The Labute approximate surface area is 100 Å². The maximum atomic E-state index is 13.2. The fourth-order valence-corrected chi connectivity index (χ4v) is 1.45. The van der Waals surface area contributed by atoms with E-state index in [0.29, 0.717) is 12.1 Å². The highest BCUT2D eigenvalue weighted by atomic mass is 32.2. The van der Waals surface area contributed by atoms with Gasteiger partial charge >= 0.3 is 0 Å². The summed E-state index contributed by atoms with van der Waals surface area (Å²) in [6, 6.07) is 1.09. The first-order valence-electron chi connectivity index (χ1n) is 4.82. The van der Waals surface area contributed by atoms with Crippen LogP contribution in [0.15, 0.2) is 16.5 Å². The fraction of sp³-hybridized carbons (Fsp3) is 0.364. The molecule has 0 saturated heterocycles. The zero-order chi connectivity index (χ0) is 13.2. The summed E-state index contributed by atoms with van der Waals surface area (Å²) in [4.78, 5) is 0. The maximum absolute atomic E-state index is 13.2. The fourth-order valence-electron chi connectivity index (χ4n) is 0.935. The molecule has 0 fully saturated rings. The third kappa shape index (κ3) is 3.66. The quantitative estimate of drug-likeness (QED) is 0.754. The van der Waals surface area contributed by atoms with Crippen molar-refractivity contribution in [1.82, 2.24) is 0 Å². The highest BCUT2D eigenvalue weighted by Gasteiger charge is 2.19. The van der Waals surface area contributed by atoms with Crippen molar-refractivity contribution in [2.24, 2.45) is 4.40 Å². The average Bonchev–Trinajstić information content (AvgIpc) is 2.13. The van der Waals surface area contributed by atoms with Crippen molar-refractivity contribution in [2.75, 3.05) is 0 Å². The topological polar surface area (TPSA) is 29.4 Å². The van der Waals surface area contributed by atoms with E-state index in [1.807, 2.05) is 0 Å². The Hall–Kier alpha value is -1.17. The molecule has 0 aliphatic carbocycles. The van der Waals surface area contributed by atoms with Crippen LogP contribution in [0.3, 0.4) is 0 Å². The Morgan fingerprint density at radius 1 is 1.18 bits per heavy atom. The molecule has 0 heterocycles. The third-order valence-corrected chi connectivity index (χ3v) is 3.19. The molecule has 0 bridgehead atoms. The summed E-state index contributed by atoms with van der Waals surface area (Å²) in [5.41, 5.74) is -0.496. The molecular weight excluding hydrogens is 251 g/mol. The predicted octanol–water partition coefficient (Wildman–Crippen LogP) is 2.99. The molecule has 94 valence electrons. The highest BCUT2D eigenvalue weighted by Crippen LogP contribution is 2.15. The second-order valence-electron chi connectivity index (χ2n) is 4.38. The predicted molar refractivity (Wildman–Crippen MR) is 61.8 cm³/mol. The normalized spacial score (nSPS) is 14.2. The van der Waals surface area contributed by atoms with Crippen LogP contribution in [0, 0.1) is 17.5 Å². The Morgan fingerprint density at radius 2 is 1.65 bits per heavy atom. The van der Waals surface area contributed by atoms with Crippen molar-refractivity contribution in [2.45, 2.75) is 25.5 Å². The first kappa shape index (κ1) is 13.9. The van der Waals surface area contributed by atoms with Crippen LogP contribution in [0.5, 0.6) is 0 Å². The molecule has 0 spiro atoms. The van der Waals surface area contributed by atoms with Gasteiger partial charge in [-0.25, -0.2) is 17.4 Å². The van der Waals surface area contributed by atoms with Gasteiger partial charge in [0.25, 0.3) is 0 Å². The van der Waals surface area contributed by atoms with Gasteiger partial charge in [0.2, 0.25) is 0 Å². The van der Waals surface area contributed by atoms with Gasteiger partial charge in [-0.15, -0.1) is 0 Å². The molecule has 6 heteroatoms. The summed E-state index contributed by atoms with van der Waals surface area (Å²) < 4.78 is 53.4. The largest absolute Gasteiger partial charge is 0.234 e. The van der Waals surface area contributed by atoms with E-state index in [-0.39, 0.29) is 0 Å². The summed E-state index contributed by atoms with van der Waals surface area (Å²) in [6.07, 6.45) is 0.825. The van der Waals surface area contributed by atoms with Gasteiger partial charge in [-0.2, -0.15) is 4.40 Å². The number of hydrogen-bond donors (Lipinski definition) is 0. The smallest absolute Gasteiger partial charge is 0.144 e. The van der Waals surface area contributed by atoms with Gasteiger partial charge < -0.3 is 0 Å². The van der Waals surface area contributed by atoms with Crippen LogP contribution < -0.4 is 0 Å². The number of hydrogen-bond acceptors (Lipinski definition) is 1. The van der Waals surface area contributed by atoms with Gasteiger partial charge in [-0.3, -0.25) is 0 Å². The van der Waals surface area contributed by atoms with E-state index in [2.05, 4.69) is 4.40 Å². The molecule has 0 radical (unpaired) electrons. The molecule has 0 aromatic heterocycles. The standard InChI is InChI=1S/C11H12F3NOS/c1-11(2,3)17(16)15-6-8-9(13)4-7(12)5-10(8)14/h4-6H,1-3H3. The summed E-state index contributed by atoms with van der Waals surface area (Å²) >= 11 is 0. The maximum Gasteiger partial charge on any atom is 0.144 e. The lowest BCUT2D eigenvalue weighted by molar-refractivity contribution is 0.541. The summed E-state index contributed by atoms with van der Waals surface area (Å²) in [5, 5.41) is 0. The van der Waals surface area contributed by atoms with Gasteiger partial charge in [0, 0.05) is 12.1 Å². The van der Waals surface area contributed by atoms with Gasteiger partial charge in [0.1, 0.15) is 28.4 Å². The average molecular weight is 263 g/mol. The molecule has 0 amide bonds. The number of rotatable bonds is 2. The molecule has 1 unspecified atom stereocenters. The summed E-state index contributed by atoms with van der Waals surface area (Å²) in [5.74, 6) is -3.15. The first-order valence-corrected chi connectivity index (χ1v) is 5.93. The van der Waals surface area contributed by atoms with Crippen molar-refractivity contribution in [3.05, 3.63) is 35.1 Å². The van der Waals surface area contributed by atoms with E-state index < -0.39 is 38.7 Å². The van der Waals surface area contributed by atoms with Gasteiger partial charge in [0.05, 0.1) is 16.5 Å². The third-order valence-electron chi connectivity index (χ3n) is 1.85. The van der Waals surface area contributed by atoms with E-state index in [1.54, 1.807) is 20.8 Å². The van der Waals surface area contributed by atoms with Crippen molar-refractivity contribution in [3.8, 4) is 0 Å². The Kier molecular flexibility index (Phi) is 4.08. The van der Waals surface area contributed by atoms with Gasteiger partial charge in [0.15, 0.2) is 0 Å². The van der Waals surface area contributed by atoms with Crippen molar-refractivity contribution in [1.29, 1.82) is 0 Å². The molecular formula is C11H12F3NOS. The first-order chi connectivity index (χ1) is 7.71. The van der Waals surface area contributed by atoms with Crippen molar-refractivity contribution >= 4 is 17.2 Å². The van der Waals surface area contributed by atoms with Crippen LogP contribution >= 0.6 is 0 Å². The molecule has 1 aromatic carbocycles. The highest BCUT2D eigenvalue weighted by molar-refractivity contribution is 7.85. The van der Waals surface area contributed by atoms with E-state index in [9.17, 15) is 17.4 Å². The SMILES string of the molecule is CC(C)(C)S(=O)N=Cc1c(F)cc(F)cc1F. The lowest BCUT2D eigenvalue weighted by Crippen LogP contribution is -2.19. The molecule has 1 atom stereocenters. The van der Waals surface area contributed by atoms with Crippen LogP contribution in [0.25, 0.3) is 0 Å². The zero-order valence-corrected chi connectivity index (χ0v) is 10.4. The minimum absolute atomic E-state index is 0.496. The van der Waals surface area contributed by atoms with Crippen LogP contribution in [-0.2, 0) is 11.0 Å². The molecule has 0 aliphatic rings.